The number of aromatic amines is 1. The topological polar surface area (TPSA) is 83.9 Å². The van der Waals surface area contributed by atoms with E-state index in [9.17, 15) is 8.42 Å². The summed E-state index contributed by atoms with van der Waals surface area (Å²) >= 11 is 0. The third kappa shape index (κ3) is 3.17. The first-order chi connectivity index (χ1) is 7.55. The van der Waals surface area contributed by atoms with Crippen LogP contribution >= 0.6 is 0 Å². The maximum Gasteiger partial charge on any atom is 0.322 e. The third-order valence-corrected chi connectivity index (χ3v) is 3.20. The summed E-state index contributed by atoms with van der Waals surface area (Å²) in [6.07, 6.45) is 6.26. The van der Waals surface area contributed by atoms with Crippen molar-refractivity contribution in [1.29, 1.82) is 0 Å². The maximum absolute atomic E-state index is 11.2. The van der Waals surface area contributed by atoms with Crippen molar-refractivity contribution in [2.24, 2.45) is 0 Å². The van der Waals surface area contributed by atoms with Crippen LogP contribution in [0.4, 0.5) is 0 Å². The molecule has 0 fully saturated rings. The van der Waals surface area contributed by atoms with Gasteiger partial charge in [-0.3, -0.25) is 5.10 Å². The molecule has 0 unspecified atom stereocenters. The Morgan fingerprint density at radius 2 is 2.00 bits per heavy atom. The fourth-order valence-corrected chi connectivity index (χ4v) is 1.51. The van der Waals surface area contributed by atoms with Crippen molar-refractivity contribution in [1.82, 2.24) is 23.7 Å². The molecule has 2 heterocycles. The molecule has 0 radical (unpaired) electrons. The monoisotopic (exact) mass is 243 g/mol. The molecule has 0 bridgehead atoms. The van der Waals surface area contributed by atoms with E-state index in [-0.39, 0.29) is 0 Å². The number of H-pyrrole nitrogens is 1. The van der Waals surface area contributed by atoms with Crippen molar-refractivity contribution in [3.05, 3.63) is 36.9 Å². The van der Waals surface area contributed by atoms with Crippen LogP contribution in [0.25, 0.3) is 0 Å². The van der Waals surface area contributed by atoms with Crippen LogP contribution in [0.2, 0.25) is 0 Å². The summed E-state index contributed by atoms with van der Waals surface area (Å²) in [5, 5.41) is 9.80. The molecule has 88 valence electrons. The normalized spacial score (nSPS) is 10.9. The predicted molar refractivity (Wildman–Crippen MR) is 58.8 cm³/mol. The highest BCUT2D eigenvalue weighted by Gasteiger charge is 2.14. The van der Waals surface area contributed by atoms with Gasteiger partial charge < -0.3 is 0 Å². The van der Waals surface area contributed by atoms with Gasteiger partial charge in [-0.25, -0.2) is 0 Å². The minimum Gasteiger partial charge on any atom is -0.286 e. The molecule has 8 heteroatoms. The number of nitrogens with zero attached hydrogens (tertiary/aromatic N) is 4. The van der Waals surface area contributed by atoms with Gasteiger partial charge in [0.15, 0.2) is 0 Å². The predicted octanol–water partition coefficient (Wildman–Crippen LogP) is -0.0527. The number of rotatable bonds is 2. The van der Waals surface area contributed by atoms with Crippen molar-refractivity contribution in [2.75, 3.05) is 14.1 Å². The molecule has 0 aliphatic carbocycles. The average molecular weight is 243 g/mol. The van der Waals surface area contributed by atoms with Crippen molar-refractivity contribution >= 4 is 10.2 Å². The van der Waals surface area contributed by atoms with Gasteiger partial charge >= 0.3 is 10.2 Å². The van der Waals surface area contributed by atoms with E-state index in [4.69, 9.17) is 0 Å². The SMILES string of the molecule is CN(C)S(=O)(=O)n1cccn1.c1cn[nH]c1. The fourth-order valence-electron chi connectivity index (χ4n) is 0.774. The quantitative estimate of drug-likeness (QED) is 0.801. The van der Waals surface area contributed by atoms with Crippen LogP contribution in [-0.2, 0) is 10.2 Å². The summed E-state index contributed by atoms with van der Waals surface area (Å²) in [5.74, 6) is 0. The van der Waals surface area contributed by atoms with E-state index < -0.39 is 10.2 Å². The van der Waals surface area contributed by atoms with Gasteiger partial charge in [0.25, 0.3) is 0 Å². The molecular formula is C8H13N5O2S. The molecule has 0 aliphatic rings. The molecule has 2 rings (SSSR count). The number of hydrogen-bond donors (Lipinski definition) is 1. The van der Waals surface area contributed by atoms with Gasteiger partial charge in [-0.2, -0.15) is 27.0 Å². The Morgan fingerprint density at radius 3 is 2.31 bits per heavy atom. The molecular weight excluding hydrogens is 230 g/mol. The minimum atomic E-state index is -3.39. The average Bonchev–Trinajstić information content (AvgIpc) is 2.94. The molecule has 2 aromatic rings. The van der Waals surface area contributed by atoms with E-state index in [0.717, 1.165) is 8.39 Å². The van der Waals surface area contributed by atoms with E-state index in [0.29, 0.717) is 0 Å². The Bertz CT molecular complexity index is 457. The fraction of sp³-hybridized carbons (Fsp3) is 0.250. The summed E-state index contributed by atoms with van der Waals surface area (Å²) in [4.78, 5) is 0. The molecule has 0 atom stereocenters. The molecule has 16 heavy (non-hydrogen) atoms. The van der Waals surface area contributed by atoms with E-state index in [1.54, 1.807) is 18.5 Å². The zero-order valence-corrected chi connectivity index (χ0v) is 9.79. The van der Waals surface area contributed by atoms with Crippen LogP contribution in [0.3, 0.4) is 0 Å². The van der Waals surface area contributed by atoms with Crippen molar-refractivity contribution < 1.29 is 8.42 Å². The molecule has 0 saturated heterocycles. The van der Waals surface area contributed by atoms with E-state index in [1.807, 2.05) is 6.07 Å². The molecule has 0 aliphatic heterocycles. The second-order valence-electron chi connectivity index (χ2n) is 2.94. The van der Waals surface area contributed by atoms with Crippen molar-refractivity contribution in [2.45, 2.75) is 0 Å². The summed E-state index contributed by atoms with van der Waals surface area (Å²) in [7, 11) is -0.484. The van der Waals surface area contributed by atoms with Gasteiger partial charge in [0.2, 0.25) is 0 Å². The first-order valence-corrected chi connectivity index (χ1v) is 5.81. The van der Waals surface area contributed by atoms with Gasteiger partial charge in [0.05, 0.1) is 6.20 Å². The van der Waals surface area contributed by atoms with E-state index in [2.05, 4.69) is 15.3 Å². The maximum atomic E-state index is 11.2. The highest BCUT2D eigenvalue weighted by Crippen LogP contribution is 1.96. The smallest absolute Gasteiger partial charge is 0.286 e. The molecule has 2 aromatic heterocycles. The number of hydrogen-bond acceptors (Lipinski definition) is 4. The van der Waals surface area contributed by atoms with E-state index >= 15 is 0 Å². The number of nitrogens with one attached hydrogen (secondary N) is 1. The zero-order valence-electron chi connectivity index (χ0n) is 8.98. The van der Waals surface area contributed by atoms with Crippen LogP contribution in [0.15, 0.2) is 36.9 Å². The summed E-state index contributed by atoms with van der Waals surface area (Å²) in [5.41, 5.74) is 0. The third-order valence-electron chi connectivity index (χ3n) is 1.58. The van der Waals surface area contributed by atoms with Crippen molar-refractivity contribution in [3.8, 4) is 0 Å². The van der Waals surface area contributed by atoms with Crippen LogP contribution in [0, 0.1) is 0 Å². The summed E-state index contributed by atoms with van der Waals surface area (Å²) in [6.45, 7) is 0. The second kappa shape index (κ2) is 5.42. The Balaban J connectivity index is 0.000000212. The lowest BCUT2D eigenvalue weighted by Gasteiger charge is -2.09. The number of aromatic nitrogens is 4. The minimum absolute atomic E-state index is 0.910. The van der Waals surface area contributed by atoms with E-state index in [1.165, 1.54) is 26.5 Å². The molecule has 0 spiro atoms. The standard InChI is InChI=1S/C5H9N3O2S.C3H4N2/c1-7(2)11(9,10)8-5-3-4-6-8;1-2-4-5-3-1/h3-5H,1-2H3;1-3H,(H,4,5). The molecule has 1 N–H and O–H groups in total. The van der Waals surface area contributed by atoms with Gasteiger partial charge in [0, 0.05) is 32.7 Å². The first kappa shape index (κ1) is 12.4. The van der Waals surface area contributed by atoms with Gasteiger partial charge in [-0.05, 0) is 12.1 Å². The second-order valence-corrected chi connectivity index (χ2v) is 4.94. The van der Waals surface area contributed by atoms with Gasteiger partial charge in [-0.15, -0.1) is 0 Å². The van der Waals surface area contributed by atoms with Crippen LogP contribution in [0.5, 0.6) is 0 Å². The zero-order chi connectivity index (χ0) is 12.0. The lowest BCUT2D eigenvalue weighted by molar-refractivity contribution is 0.504. The summed E-state index contributed by atoms with van der Waals surface area (Å²) in [6, 6.07) is 3.39. The molecule has 0 saturated carbocycles. The molecule has 0 amide bonds. The first-order valence-electron chi connectivity index (χ1n) is 4.41. The Kier molecular flexibility index (Phi) is 4.20. The summed E-state index contributed by atoms with van der Waals surface area (Å²) < 4.78 is 24.4. The van der Waals surface area contributed by atoms with Gasteiger partial charge in [-0.1, -0.05) is 0 Å². The Labute approximate surface area is 93.9 Å². The lowest BCUT2D eigenvalue weighted by atomic mass is 10.8. The van der Waals surface area contributed by atoms with Gasteiger partial charge in [0.1, 0.15) is 0 Å². The lowest BCUT2D eigenvalue weighted by Crippen LogP contribution is -2.28. The van der Waals surface area contributed by atoms with Crippen molar-refractivity contribution in [3.63, 3.8) is 0 Å². The van der Waals surface area contributed by atoms with Crippen LogP contribution < -0.4 is 0 Å². The van der Waals surface area contributed by atoms with Crippen LogP contribution in [0.1, 0.15) is 0 Å². The van der Waals surface area contributed by atoms with Crippen LogP contribution in [-0.4, -0.2) is 46.2 Å². The largest absolute Gasteiger partial charge is 0.322 e. The Hall–Kier alpha value is -1.67. The molecule has 0 aromatic carbocycles. The highest BCUT2D eigenvalue weighted by molar-refractivity contribution is 7.87. The molecule has 7 nitrogen and oxygen atoms in total. The Morgan fingerprint density at radius 1 is 1.25 bits per heavy atom. The highest BCUT2D eigenvalue weighted by atomic mass is 32.2.